The fourth-order valence-electron chi connectivity index (χ4n) is 7.61. The first-order valence-electron chi connectivity index (χ1n) is 20.0. The SMILES string of the molecule is CCCC(=O)N(C)[C@@H](C(=O)N1CCC[C@H]1C(=O)N(C)[C@@H](Cc1ccccc1)C(=O)N[C@@H](CC(C)C)C(=O)N(C)[C@H](C(=O)N(C)Cc1nccs1)C(C)C)C(C)C. The van der Waals surface area contributed by atoms with Gasteiger partial charge in [0.1, 0.15) is 35.2 Å². The van der Waals surface area contributed by atoms with Gasteiger partial charge in [0, 0.05) is 59.2 Å². The second kappa shape index (κ2) is 21.3. The van der Waals surface area contributed by atoms with Gasteiger partial charge in [-0.1, -0.05) is 78.8 Å². The first-order valence-corrected chi connectivity index (χ1v) is 20.9. The second-order valence-electron chi connectivity index (χ2n) is 16.2. The highest BCUT2D eigenvalue weighted by Gasteiger charge is 2.44. The number of carbonyl (C=O) groups is 6. The van der Waals surface area contributed by atoms with Gasteiger partial charge in [-0.2, -0.15) is 0 Å². The van der Waals surface area contributed by atoms with Crippen molar-refractivity contribution in [3.8, 4) is 0 Å². The standard InChI is InChI=1S/C42H65N7O6S/c1-12-17-35(50)47(10)37(29(6)7)42(55)49-22-16-20-32(49)40(53)46(9)33(25-30-18-14-13-15-19-30)38(51)44-31(24-27(2)3)39(52)48(11)36(28(4)5)41(54)45(8)26-34-43-21-23-56-34/h13-15,18-19,21,23,27-29,31-33,36-37H,12,16-17,20,22,24-26H2,1-11H3,(H,44,51)/t31-,32-,33-,36-,37+/m0/s1. The van der Waals surface area contributed by atoms with Gasteiger partial charge in [-0.3, -0.25) is 28.8 Å². The number of hydrogen-bond donors (Lipinski definition) is 1. The number of thiazole rings is 1. The zero-order chi connectivity index (χ0) is 41.9. The molecule has 1 aromatic carbocycles. The van der Waals surface area contributed by atoms with E-state index in [0.717, 1.165) is 10.6 Å². The van der Waals surface area contributed by atoms with E-state index in [1.165, 1.54) is 26.0 Å². The van der Waals surface area contributed by atoms with Crippen molar-refractivity contribution < 1.29 is 28.8 Å². The summed E-state index contributed by atoms with van der Waals surface area (Å²) in [6.07, 6.45) is 4.18. The quantitative estimate of drug-likeness (QED) is 0.221. The molecule has 0 unspecified atom stereocenters. The molecule has 310 valence electrons. The Bertz CT molecular complexity index is 1620. The van der Waals surface area contributed by atoms with Crippen LogP contribution in [0.1, 0.15) is 91.1 Å². The van der Waals surface area contributed by atoms with Gasteiger partial charge < -0.3 is 29.8 Å². The summed E-state index contributed by atoms with van der Waals surface area (Å²) in [5.74, 6) is -2.32. The Balaban J connectivity index is 1.91. The van der Waals surface area contributed by atoms with Gasteiger partial charge in [-0.15, -0.1) is 11.3 Å². The fourth-order valence-corrected chi connectivity index (χ4v) is 8.28. The Labute approximate surface area is 338 Å². The van der Waals surface area contributed by atoms with Gasteiger partial charge in [0.25, 0.3) is 0 Å². The first-order chi connectivity index (χ1) is 26.4. The normalized spacial score (nSPS) is 16.3. The third-order valence-electron chi connectivity index (χ3n) is 10.6. The monoisotopic (exact) mass is 795 g/mol. The van der Waals surface area contributed by atoms with Crippen molar-refractivity contribution in [2.75, 3.05) is 34.7 Å². The van der Waals surface area contributed by atoms with E-state index in [0.29, 0.717) is 45.2 Å². The second-order valence-corrected chi connectivity index (χ2v) is 17.2. The Kier molecular flexibility index (Phi) is 17.5. The lowest BCUT2D eigenvalue weighted by Gasteiger charge is -2.38. The number of carbonyl (C=O) groups excluding carboxylic acids is 6. The van der Waals surface area contributed by atoms with Crippen LogP contribution in [-0.2, 0) is 41.7 Å². The summed E-state index contributed by atoms with van der Waals surface area (Å²) in [7, 11) is 6.51. The predicted molar refractivity (Wildman–Crippen MR) is 219 cm³/mol. The van der Waals surface area contributed by atoms with Crippen LogP contribution in [0.5, 0.6) is 0 Å². The van der Waals surface area contributed by atoms with E-state index < -0.39 is 42.0 Å². The number of hydrogen-bond acceptors (Lipinski definition) is 8. The van der Waals surface area contributed by atoms with Crippen molar-refractivity contribution in [3.05, 3.63) is 52.5 Å². The van der Waals surface area contributed by atoms with Crippen LogP contribution in [0.15, 0.2) is 41.9 Å². The summed E-state index contributed by atoms with van der Waals surface area (Å²) in [4.78, 5) is 96.0. The Morgan fingerprint density at radius 2 is 1.52 bits per heavy atom. The van der Waals surface area contributed by atoms with E-state index >= 15 is 0 Å². The van der Waals surface area contributed by atoms with Crippen LogP contribution < -0.4 is 5.32 Å². The van der Waals surface area contributed by atoms with Crippen LogP contribution in [0.25, 0.3) is 0 Å². The largest absolute Gasteiger partial charge is 0.342 e. The topological polar surface area (TPSA) is 144 Å². The van der Waals surface area contributed by atoms with E-state index in [2.05, 4.69) is 10.3 Å². The van der Waals surface area contributed by atoms with Gasteiger partial charge in [0.2, 0.25) is 35.4 Å². The maximum atomic E-state index is 14.5. The van der Waals surface area contributed by atoms with E-state index in [1.54, 1.807) is 44.2 Å². The maximum Gasteiger partial charge on any atom is 0.246 e. The number of likely N-dealkylation sites (tertiary alicyclic amines) is 1. The van der Waals surface area contributed by atoms with Gasteiger partial charge in [-0.25, -0.2) is 4.98 Å². The van der Waals surface area contributed by atoms with Crippen LogP contribution in [0, 0.1) is 17.8 Å². The number of nitrogens with zero attached hydrogens (tertiary/aromatic N) is 6. The third-order valence-corrected chi connectivity index (χ3v) is 11.3. The summed E-state index contributed by atoms with van der Waals surface area (Å²) in [6.45, 7) is 14.1. The average Bonchev–Trinajstić information content (AvgIpc) is 3.85. The Hall–Kier alpha value is -4.33. The zero-order valence-electron chi connectivity index (χ0n) is 35.4. The molecule has 3 rings (SSSR count). The molecular formula is C42H65N7O6S. The van der Waals surface area contributed by atoms with Gasteiger partial charge in [0.15, 0.2) is 0 Å². The predicted octanol–water partition coefficient (Wildman–Crippen LogP) is 4.46. The molecule has 2 heterocycles. The molecule has 1 saturated heterocycles. The summed E-state index contributed by atoms with van der Waals surface area (Å²) < 4.78 is 0. The molecule has 5 atom stereocenters. The van der Waals surface area contributed by atoms with Crippen LogP contribution in [0.2, 0.25) is 0 Å². The van der Waals surface area contributed by atoms with Gasteiger partial charge >= 0.3 is 0 Å². The van der Waals surface area contributed by atoms with E-state index in [-0.39, 0.29) is 47.8 Å². The lowest BCUT2D eigenvalue weighted by atomic mass is 9.97. The summed E-state index contributed by atoms with van der Waals surface area (Å²) in [6, 6.07) is 5.03. The maximum absolute atomic E-state index is 14.5. The molecule has 13 nitrogen and oxygen atoms in total. The van der Waals surface area contributed by atoms with Crippen LogP contribution in [0.3, 0.4) is 0 Å². The van der Waals surface area contributed by atoms with E-state index in [4.69, 9.17) is 0 Å². The van der Waals surface area contributed by atoms with Crippen LogP contribution >= 0.6 is 11.3 Å². The summed E-state index contributed by atoms with van der Waals surface area (Å²) in [5.41, 5.74) is 0.820. The molecule has 1 fully saturated rings. The smallest absolute Gasteiger partial charge is 0.246 e. The molecule has 0 saturated carbocycles. The number of likely N-dealkylation sites (N-methyl/N-ethyl adjacent to an activating group) is 4. The summed E-state index contributed by atoms with van der Waals surface area (Å²) >= 11 is 1.45. The molecule has 0 spiro atoms. The Morgan fingerprint density at radius 3 is 2.07 bits per heavy atom. The van der Waals surface area contributed by atoms with Gasteiger partial charge in [-0.05, 0) is 49.0 Å². The molecule has 56 heavy (non-hydrogen) atoms. The molecule has 0 radical (unpaired) electrons. The van der Waals surface area contributed by atoms with Crippen LogP contribution in [-0.4, -0.2) is 130 Å². The molecule has 0 aliphatic carbocycles. The highest BCUT2D eigenvalue weighted by molar-refractivity contribution is 7.09. The minimum absolute atomic E-state index is 0.0136. The van der Waals surface area contributed by atoms with E-state index in [1.807, 2.05) is 84.2 Å². The van der Waals surface area contributed by atoms with Crippen molar-refractivity contribution in [2.24, 2.45) is 17.8 Å². The lowest BCUT2D eigenvalue weighted by molar-refractivity contribution is -0.152. The molecule has 1 aliphatic rings. The van der Waals surface area contributed by atoms with Crippen LogP contribution in [0.4, 0.5) is 0 Å². The van der Waals surface area contributed by atoms with Crippen molar-refractivity contribution in [2.45, 2.75) is 124 Å². The van der Waals surface area contributed by atoms with Crippen molar-refractivity contribution in [1.29, 1.82) is 0 Å². The molecular weight excluding hydrogens is 731 g/mol. The number of nitrogens with one attached hydrogen (secondary N) is 1. The van der Waals surface area contributed by atoms with Crippen molar-refractivity contribution in [1.82, 2.24) is 34.8 Å². The fraction of sp³-hybridized carbons (Fsp3) is 0.643. The number of rotatable bonds is 19. The minimum Gasteiger partial charge on any atom is -0.342 e. The highest BCUT2D eigenvalue weighted by atomic mass is 32.1. The molecule has 6 amide bonds. The molecule has 2 aromatic rings. The lowest BCUT2D eigenvalue weighted by Crippen LogP contribution is -2.60. The van der Waals surface area contributed by atoms with Crippen molar-refractivity contribution >= 4 is 46.8 Å². The average molecular weight is 796 g/mol. The third kappa shape index (κ3) is 11.8. The summed E-state index contributed by atoms with van der Waals surface area (Å²) in [5, 5.41) is 5.63. The molecule has 1 aromatic heterocycles. The minimum atomic E-state index is -1.02. The number of amides is 6. The molecule has 1 aliphatic heterocycles. The molecule has 1 N–H and O–H groups in total. The zero-order valence-corrected chi connectivity index (χ0v) is 36.2. The number of benzene rings is 1. The van der Waals surface area contributed by atoms with E-state index in [9.17, 15) is 28.8 Å². The Morgan fingerprint density at radius 1 is 0.875 bits per heavy atom. The first kappa shape index (κ1) is 46.1. The number of aromatic nitrogens is 1. The molecule has 14 heteroatoms. The molecule has 0 bridgehead atoms. The van der Waals surface area contributed by atoms with Crippen molar-refractivity contribution in [3.63, 3.8) is 0 Å². The van der Waals surface area contributed by atoms with Gasteiger partial charge in [0.05, 0.1) is 6.54 Å². The highest BCUT2D eigenvalue weighted by Crippen LogP contribution is 2.26.